The highest BCUT2D eigenvalue weighted by molar-refractivity contribution is 9.10. The number of rotatable bonds is 5. The van der Waals surface area contributed by atoms with Crippen molar-refractivity contribution in [3.05, 3.63) is 58.6 Å². The summed E-state index contributed by atoms with van der Waals surface area (Å²) in [6.07, 6.45) is 1.31. The van der Waals surface area contributed by atoms with Crippen LogP contribution in [-0.2, 0) is 4.79 Å². The fraction of sp³-hybridized carbons (Fsp3) is 0.176. The summed E-state index contributed by atoms with van der Waals surface area (Å²) in [5.74, 6) is -0.192. The molecule has 114 valence electrons. The Bertz CT molecular complexity index is 669. The lowest BCUT2D eigenvalue weighted by molar-refractivity contribution is -0.116. The summed E-state index contributed by atoms with van der Waals surface area (Å²) in [6, 6.07) is 14.3. The van der Waals surface area contributed by atoms with E-state index in [0.717, 1.165) is 16.6 Å². The average Bonchev–Trinajstić information content (AvgIpc) is 2.50. The Morgan fingerprint density at radius 1 is 0.955 bits per heavy atom. The predicted octanol–water partition coefficient (Wildman–Crippen LogP) is 4.44. The molecule has 0 aliphatic carbocycles. The maximum Gasteiger partial charge on any atom is 0.256 e. The van der Waals surface area contributed by atoms with E-state index in [4.69, 9.17) is 0 Å². The lowest BCUT2D eigenvalue weighted by Crippen LogP contribution is -2.13. The number of hydrogen-bond acceptors (Lipinski definition) is 2. The summed E-state index contributed by atoms with van der Waals surface area (Å²) in [6.45, 7) is 1.96. The molecule has 0 aliphatic rings. The van der Waals surface area contributed by atoms with Gasteiger partial charge in [0.15, 0.2) is 0 Å². The quantitative estimate of drug-likeness (QED) is 0.827. The highest BCUT2D eigenvalue weighted by atomic mass is 79.9. The summed E-state index contributed by atoms with van der Waals surface area (Å²) in [4.78, 5) is 23.7. The van der Waals surface area contributed by atoms with E-state index in [1.54, 1.807) is 30.3 Å². The van der Waals surface area contributed by atoms with Crippen molar-refractivity contribution in [2.24, 2.45) is 0 Å². The number of halogens is 1. The van der Waals surface area contributed by atoms with Crippen LogP contribution in [0.3, 0.4) is 0 Å². The van der Waals surface area contributed by atoms with E-state index in [9.17, 15) is 9.59 Å². The van der Waals surface area contributed by atoms with Gasteiger partial charge in [-0.1, -0.05) is 19.1 Å². The van der Waals surface area contributed by atoms with Gasteiger partial charge in [-0.05, 0) is 58.7 Å². The van der Waals surface area contributed by atoms with Crippen LogP contribution in [-0.4, -0.2) is 11.8 Å². The van der Waals surface area contributed by atoms with Gasteiger partial charge in [0.1, 0.15) is 0 Å². The zero-order chi connectivity index (χ0) is 15.9. The highest BCUT2D eigenvalue weighted by Gasteiger charge is 2.09. The van der Waals surface area contributed by atoms with E-state index in [1.807, 2.05) is 25.1 Å². The van der Waals surface area contributed by atoms with Crippen molar-refractivity contribution in [1.29, 1.82) is 0 Å². The monoisotopic (exact) mass is 360 g/mol. The van der Waals surface area contributed by atoms with Crippen LogP contribution in [0.2, 0.25) is 0 Å². The molecule has 5 heteroatoms. The minimum atomic E-state index is -0.185. The van der Waals surface area contributed by atoms with Crippen molar-refractivity contribution in [2.75, 3.05) is 10.6 Å². The Morgan fingerprint density at radius 3 is 2.14 bits per heavy atom. The molecule has 4 nitrogen and oxygen atoms in total. The van der Waals surface area contributed by atoms with Crippen LogP contribution >= 0.6 is 15.9 Å². The van der Waals surface area contributed by atoms with E-state index in [0.29, 0.717) is 17.7 Å². The maximum atomic E-state index is 12.2. The molecule has 2 aromatic rings. The van der Waals surface area contributed by atoms with E-state index >= 15 is 0 Å². The third-order valence-electron chi connectivity index (χ3n) is 3.02. The molecule has 0 unspecified atom stereocenters. The summed E-state index contributed by atoms with van der Waals surface area (Å²) in [5.41, 5.74) is 1.97. The first-order valence-electron chi connectivity index (χ1n) is 7.06. The molecule has 2 rings (SSSR count). The summed E-state index contributed by atoms with van der Waals surface area (Å²) < 4.78 is 0.746. The third-order valence-corrected chi connectivity index (χ3v) is 3.71. The van der Waals surface area contributed by atoms with Crippen LogP contribution in [0.4, 0.5) is 11.4 Å². The molecule has 0 atom stereocenters. The van der Waals surface area contributed by atoms with Crippen molar-refractivity contribution in [1.82, 2.24) is 0 Å². The normalized spacial score (nSPS) is 10.1. The van der Waals surface area contributed by atoms with Crippen LogP contribution in [0, 0.1) is 0 Å². The second-order valence-electron chi connectivity index (χ2n) is 4.81. The standard InChI is InChI=1S/C17H17BrN2O2/c1-2-5-16(21)19-12-8-10-13(11-9-12)20-17(22)14-6-3-4-7-15(14)18/h3-4,6-11H,2,5H2,1H3,(H,19,21)(H,20,22). The Labute approximate surface area is 138 Å². The molecule has 2 N–H and O–H groups in total. The van der Waals surface area contributed by atoms with E-state index in [-0.39, 0.29) is 11.8 Å². The molecule has 0 aromatic heterocycles. The molecule has 0 bridgehead atoms. The number of nitrogens with one attached hydrogen (secondary N) is 2. The van der Waals surface area contributed by atoms with Crippen molar-refractivity contribution in [3.63, 3.8) is 0 Å². The van der Waals surface area contributed by atoms with Crippen molar-refractivity contribution < 1.29 is 9.59 Å². The van der Waals surface area contributed by atoms with Gasteiger partial charge in [-0.15, -0.1) is 0 Å². The molecule has 0 spiro atoms. The van der Waals surface area contributed by atoms with Crippen molar-refractivity contribution in [2.45, 2.75) is 19.8 Å². The lowest BCUT2D eigenvalue weighted by Gasteiger charge is -2.08. The van der Waals surface area contributed by atoms with Crippen LogP contribution in [0.25, 0.3) is 0 Å². The number of amides is 2. The van der Waals surface area contributed by atoms with E-state index < -0.39 is 0 Å². The maximum absolute atomic E-state index is 12.2. The number of benzene rings is 2. The minimum Gasteiger partial charge on any atom is -0.326 e. The van der Waals surface area contributed by atoms with Gasteiger partial charge < -0.3 is 10.6 Å². The third kappa shape index (κ3) is 4.43. The van der Waals surface area contributed by atoms with E-state index in [2.05, 4.69) is 26.6 Å². The molecule has 2 amide bonds. The fourth-order valence-electron chi connectivity index (χ4n) is 1.93. The summed E-state index contributed by atoms with van der Waals surface area (Å²) in [7, 11) is 0. The van der Waals surface area contributed by atoms with Gasteiger partial charge in [-0.2, -0.15) is 0 Å². The largest absolute Gasteiger partial charge is 0.326 e. The molecule has 22 heavy (non-hydrogen) atoms. The SMILES string of the molecule is CCCC(=O)Nc1ccc(NC(=O)c2ccccc2Br)cc1. The van der Waals surface area contributed by atoms with Gasteiger partial charge >= 0.3 is 0 Å². The van der Waals surface area contributed by atoms with Gasteiger partial charge in [0.2, 0.25) is 5.91 Å². The molecule has 2 aromatic carbocycles. The Morgan fingerprint density at radius 2 is 1.55 bits per heavy atom. The first-order valence-corrected chi connectivity index (χ1v) is 7.85. The van der Waals surface area contributed by atoms with E-state index in [1.165, 1.54) is 0 Å². The van der Waals surface area contributed by atoms with Crippen LogP contribution < -0.4 is 10.6 Å². The van der Waals surface area contributed by atoms with Crippen molar-refractivity contribution >= 4 is 39.1 Å². The summed E-state index contributed by atoms with van der Waals surface area (Å²) >= 11 is 3.36. The molecule has 0 radical (unpaired) electrons. The highest BCUT2D eigenvalue weighted by Crippen LogP contribution is 2.19. The smallest absolute Gasteiger partial charge is 0.256 e. The van der Waals surface area contributed by atoms with Gasteiger partial charge in [0.25, 0.3) is 5.91 Å². The number of carbonyl (C=O) groups excluding carboxylic acids is 2. The molecular weight excluding hydrogens is 344 g/mol. The van der Waals surface area contributed by atoms with Gasteiger partial charge in [-0.25, -0.2) is 0 Å². The number of anilines is 2. The number of hydrogen-bond donors (Lipinski definition) is 2. The fourth-order valence-corrected chi connectivity index (χ4v) is 2.40. The zero-order valence-corrected chi connectivity index (χ0v) is 13.8. The average molecular weight is 361 g/mol. The Balaban J connectivity index is 2.01. The Kier molecular flexibility index (Phi) is 5.72. The molecule has 0 aliphatic heterocycles. The molecule has 0 saturated carbocycles. The van der Waals surface area contributed by atoms with Crippen LogP contribution in [0.15, 0.2) is 53.0 Å². The second-order valence-corrected chi connectivity index (χ2v) is 5.66. The van der Waals surface area contributed by atoms with Gasteiger partial charge in [0, 0.05) is 22.3 Å². The summed E-state index contributed by atoms with van der Waals surface area (Å²) in [5, 5.41) is 5.63. The molecular formula is C17H17BrN2O2. The number of carbonyl (C=O) groups is 2. The lowest BCUT2D eigenvalue weighted by atomic mass is 10.2. The molecule has 0 heterocycles. The van der Waals surface area contributed by atoms with Gasteiger partial charge in [-0.3, -0.25) is 9.59 Å². The molecule has 0 saturated heterocycles. The first-order chi connectivity index (χ1) is 10.6. The van der Waals surface area contributed by atoms with Gasteiger partial charge in [0.05, 0.1) is 5.56 Å². The van der Waals surface area contributed by atoms with Crippen molar-refractivity contribution in [3.8, 4) is 0 Å². The topological polar surface area (TPSA) is 58.2 Å². The second kappa shape index (κ2) is 7.75. The minimum absolute atomic E-state index is 0.00694. The Hall–Kier alpha value is -2.14. The molecule has 0 fully saturated rings. The predicted molar refractivity (Wildman–Crippen MR) is 92.1 cm³/mol. The first kappa shape index (κ1) is 16.2. The van der Waals surface area contributed by atoms with Crippen LogP contribution in [0.1, 0.15) is 30.1 Å². The van der Waals surface area contributed by atoms with Crippen LogP contribution in [0.5, 0.6) is 0 Å². The zero-order valence-electron chi connectivity index (χ0n) is 12.2.